The first-order valence-corrected chi connectivity index (χ1v) is 7.43. The van der Waals surface area contributed by atoms with Crippen LogP contribution in [0.1, 0.15) is 24.6 Å². The van der Waals surface area contributed by atoms with Crippen LogP contribution in [0.5, 0.6) is 5.75 Å². The van der Waals surface area contributed by atoms with Gasteiger partial charge in [-0.3, -0.25) is 4.68 Å². The molecule has 0 N–H and O–H groups in total. The van der Waals surface area contributed by atoms with Crippen molar-refractivity contribution in [2.45, 2.75) is 32.9 Å². The normalized spacial score (nSPS) is 11.0. The van der Waals surface area contributed by atoms with E-state index < -0.39 is 0 Å². The highest BCUT2D eigenvalue weighted by Gasteiger charge is 2.02. The lowest BCUT2D eigenvalue weighted by Gasteiger charge is -2.08. The average Bonchev–Trinajstić information content (AvgIpc) is 2.93. The molecule has 2 aromatic rings. The fourth-order valence-electron chi connectivity index (χ4n) is 2.04. The van der Waals surface area contributed by atoms with Gasteiger partial charge in [-0.1, -0.05) is 24.3 Å². The number of ether oxygens (including phenoxy) is 1. The molecule has 0 aliphatic carbocycles. The lowest BCUT2D eigenvalue weighted by Crippen LogP contribution is -2.15. The molecule has 0 spiro atoms. The van der Waals surface area contributed by atoms with E-state index in [0.29, 0.717) is 6.61 Å². The third-order valence-corrected chi connectivity index (χ3v) is 3.30. The molecule has 0 amide bonds. The molecule has 5 heteroatoms. The zero-order chi connectivity index (χ0) is 15.1. The molecule has 21 heavy (non-hydrogen) atoms. The highest BCUT2D eigenvalue weighted by Crippen LogP contribution is 2.13. The minimum Gasteiger partial charge on any atom is -0.487 e. The van der Waals surface area contributed by atoms with Gasteiger partial charge in [0.15, 0.2) is 0 Å². The molecule has 114 valence electrons. The fourth-order valence-corrected chi connectivity index (χ4v) is 2.04. The number of rotatable bonds is 8. The van der Waals surface area contributed by atoms with Crippen molar-refractivity contribution in [2.75, 3.05) is 20.6 Å². The molecule has 0 fully saturated rings. The Balaban J connectivity index is 1.79. The largest absolute Gasteiger partial charge is 0.487 e. The van der Waals surface area contributed by atoms with E-state index in [-0.39, 0.29) is 0 Å². The summed E-state index contributed by atoms with van der Waals surface area (Å²) in [6.45, 7) is 4.54. The highest BCUT2D eigenvalue weighted by atomic mass is 16.5. The third kappa shape index (κ3) is 5.19. The summed E-state index contributed by atoms with van der Waals surface area (Å²) in [5.41, 5.74) is 2.17. The van der Waals surface area contributed by atoms with Crippen LogP contribution < -0.4 is 4.74 Å². The van der Waals surface area contributed by atoms with Crippen LogP contribution >= 0.6 is 0 Å². The molecule has 0 unspecified atom stereocenters. The van der Waals surface area contributed by atoms with Crippen molar-refractivity contribution < 1.29 is 4.74 Å². The van der Waals surface area contributed by atoms with E-state index in [1.165, 1.54) is 5.56 Å². The van der Waals surface area contributed by atoms with Gasteiger partial charge in [-0.15, -0.1) is 5.10 Å². The van der Waals surface area contributed by atoms with E-state index in [1.54, 1.807) is 0 Å². The van der Waals surface area contributed by atoms with Crippen LogP contribution in [0.15, 0.2) is 30.5 Å². The fraction of sp³-hybridized carbons (Fsp3) is 0.500. The topological polar surface area (TPSA) is 43.2 Å². The van der Waals surface area contributed by atoms with Crippen molar-refractivity contribution in [3.05, 3.63) is 41.7 Å². The van der Waals surface area contributed by atoms with Crippen molar-refractivity contribution in [1.29, 1.82) is 0 Å². The molecule has 1 aromatic carbocycles. The molecule has 0 saturated heterocycles. The number of hydrogen-bond acceptors (Lipinski definition) is 4. The molecule has 0 saturated carbocycles. The van der Waals surface area contributed by atoms with Gasteiger partial charge in [0.25, 0.3) is 0 Å². The predicted molar refractivity (Wildman–Crippen MR) is 83.3 cm³/mol. The Morgan fingerprint density at radius 1 is 1.19 bits per heavy atom. The van der Waals surface area contributed by atoms with Crippen LogP contribution in [0, 0.1) is 0 Å². The number of nitrogens with zero attached hydrogens (tertiary/aromatic N) is 4. The molecule has 0 aliphatic rings. The van der Waals surface area contributed by atoms with Gasteiger partial charge in [-0.25, -0.2) is 0 Å². The van der Waals surface area contributed by atoms with Crippen molar-refractivity contribution >= 4 is 0 Å². The maximum atomic E-state index is 5.72. The predicted octanol–water partition coefficient (Wildman–Crippen LogP) is 2.37. The van der Waals surface area contributed by atoms with E-state index in [0.717, 1.165) is 37.4 Å². The van der Waals surface area contributed by atoms with Gasteiger partial charge in [-0.2, -0.15) is 0 Å². The van der Waals surface area contributed by atoms with Gasteiger partial charge in [0.2, 0.25) is 0 Å². The van der Waals surface area contributed by atoms with Gasteiger partial charge >= 0.3 is 0 Å². The minimum absolute atomic E-state index is 0.457. The Hall–Kier alpha value is -1.88. The lowest BCUT2D eigenvalue weighted by molar-refractivity contribution is 0.301. The molecule has 0 aliphatic heterocycles. The Bertz CT molecular complexity index is 533. The molecule has 0 atom stereocenters. The van der Waals surface area contributed by atoms with E-state index in [9.17, 15) is 0 Å². The number of aryl methyl sites for hydroxylation is 2. The van der Waals surface area contributed by atoms with Gasteiger partial charge in [0.1, 0.15) is 18.1 Å². The number of benzene rings is 1. The Labute approximate surface area is 126 Å². The first kappa shape index (κ1) is 15.5. The summed E-state index contributed by atoms with van der Waals surface area (Å²) >= 11 is 0. The van der Waals surface area contributed by atoms with Crippen LogP contribution in [-0.2, 0) is 19.6 Å². The van der Waals surface area contributed by atoms with E-state index >= 15 is 0 Å². The van der Waals surface area contributed by atoms with Crippen LogP contribution in [0.25, 0.3) is 0 Å². The second kappa shape index (κ2) is 7.78. The molecular weight excluding hydrogens is 264 g/mol. The zero-order valence-electron chi connectivity index (χ0n) is 13.1. The van der Waals surface area contributed by atoms with Gasteiger partial charge < -0.3 is 9.64 Å². The maximum Gasteiger partial charge on any atom is 0.134 e. The lowest BCUT2D eigenvalue weighted by atomic mass is 10.2. The second-order valence-electron chi connectivity index (χ2n) is 5.42. The summed E-state index contributed by atoms with van der Waals surface area (Å²) < 4.78 is 7.60. The van der Waals surface area contributed by atoms with Crippen LogP contribution in [0.3, 0.4) is 0 Å². The molecule has 2 rings (SSSR count). The van der Waals surface area contributed by atoms with Crippen molar-refractivity contribution in [2.24, 2.45) is 0 Å². The summed E-state index contributed by atoms with van der Waals surface area (Å²) in [5, 5.41) is 8.26. The molecule has 5 nitrogen and oxygen atoms in total. The smallest absolute Gasteiger partial charge is 0.134 e. The summed E-state index contributed by atoms with van der Waals surface area (Å²) in [7, 11) is 4.15. The molecule has 0 radical (unpaired) electrons. The Morgan fingerprint density at radius 2 is 1.95 bits per heavy atom. The molecular formula is C16H24N4O. The molecule has 1 aromatic heterocycles. The average molecular weight is 288 g/mol. The first-order valence-electron chi connectivity index (χ1n) is 7.43. The minimum atomic E-state index is 0.457. The maximum absolute atomic E-state index is 5.72. The Morgan fingerprint density at radius 3 is 2.62 bits per heavy atom. The summed E-state index contributed by atoms with van der Waals surface area (Å²) in [6, 6.07) is 8.18. The number of hydrogen-bond donors (Lipinski definition) is 0. The Kier molecular flexibility index (Phi) is 5.75. The van der Waals surface area contributed by atoms with Crippen molar-refractivity contribution in [1.82, 2.24) is 19.9 Å². The zero-order valence-corrected chi connectivity index (χ0v) is 13.1. The van der Waals surface area contributed by atoms with E-state index in [2.05, 4.69) is 48.4 Å². The molecule has 0 bridgehead atoms. The van der Waals surface area contributed by atoms with Gasteiger partial charge in [-0.05, 0) is 51.2 Å². The van der Waals surface area contributed by atoms with E-state index in [4.69, 9.17) is 4.74 Å². The summed E-state index contributed by atoms with van der Waals surface area (Å²) in [6.07, 6.45) is 4.06. The highest BCUT2D eigenvalue weighted by molar-refractivity contribution is 5.27. The van der Waals surface area contributed by atoms with Gasteiger partial charge in [0, 0.05) is 6.54 Å². The van der Waals surface area contributed by atoms with Crippen LogP contribution in [0.2, 0.25) is 0 Å². The second-order valence-corrected chi connectivity index (χ2v) is 5.42. The van der Waals surface area contributed by atoms with Crippen LogP contribution in [-0.4, -0.2) is 40.5 Å². The first-order chi connectivity index (χ1) is 10.2. The van der Waals surface area contributed by atoms with E-state index in [1.807, 2.05) is 23.0 Å². The van der Waals surface area contributed by atoms with Crippen LogP contribution in [0.4, 0.5) is 0 Å². The third-order valence-electron chi connectivity index (χ3n) is 3.30. The SMILES string of the molecule is CCc1ccc(OCc2cn(CCCN(C)C)nn2)cc1. The van der Waals surface area contributed by atoms with Crippen molar-refractivity contribution in [3.63, 3.8) is 0 Å². The monoisotopic (exact) mass is 288 g/mol. The quantitative estimate of drug-likeness (QED) is 0.748. The number of aromatic nitrogens is 3. The summed E-state index contributed by atoms with van der Waals surface area (Å²) in [5.74, 6) is 0.870. The summed E-state index contributed by atoms with van der Waals surface area (Å²) in [4.78, 5) is 2.17. The molecule has 1 heterocycles. The van der Waals surface area contributed by atoms with Crippen molar-refractivity contribution in [3.8, 4) is 5.75 Å². The van der Waals surface area contributed by atoms with Gasteiger partial charge in [0.05, 0.1) is 6.20 Å². The standard InChI is InChI=1S/C16H24N4O/c1-4-14-6-8-16(9-7-14)21-13-15-12-20(18-17-15)11-5-10-19(2)3/h6-9,12H,4-5,10-11,13H2,1-3H3.